The van der Waals surface area contributed by atoms with E-state index in [-0.39, 0.29) is 5.78 Å². The summed E-state index contributed by atoms with van der Waals surface area (Å²) in [6.45, 7) is 1.87. The molecular formula is C13H12N2O. The van der Waals surface area contributed by atoms with Crippen LogP contribution >= 0.6 is 0 Å². The zero-order valence-electron chi connectivity index (χ0n) is 9.05. The number of aryl methyl sites for hydroxylation is 1. The molecule has 2 rings (SSSR count). The molecule has 0 radical (unpaired) electrons. The number of hydrogen-bond donors (Lipinski definition) is 0. The van der Waals surface area contributed by atoms with Crippen molar-refractivity contribution in [3.05, 3.63) is 59.7 Å². The Kier molecular flexibility index (Phi) is 3.05. The van der Waals surface area contributed by atoms with Gasteiger partial charge in [-0.25, -0.2) is 0 Å². The van der Waals surface area contributed by atoms with Crippen LogP contribution in [0.4, 0.5) is 0 Å². The number of hydrogen-bond acceptors (Lipinski definition) is 3. The van der Waals surface area contributed by atoms with Crippen molar-refractivity contribution < 1.29 is 4.79 Å². The van der Waals surface area contributed by atoms with Gasteiger partial charge in [0.2, 0.25) is 0 Å². The van der Waals surface area contributed by atoms with Gasteiger partial charge in [0.05, 0.1) is 6.42 Å². The summed E-state index contributed by atoms with van der Waals surface area (Å²) in [5.74, 6) is 0.0733. The van der Waals surface area contributed by atoms with Crippen LogP contribution in [0.2, 0.25) is 0 Å². The van der Waals surface area contributed by atoms with Gasteiger partial charge >= 0.3 is 0 Å². The topological polar surface area (TPSA) is 42.9 Å². The maximum Gasteiger partial charge on any atom is 0.168 e. The lowest BCUT2D eigenvalue weighted by Gasteiger charge is -2.01. The third-order valence-corrected chi connectivity index (χ3v) is 2.29. The van der Waals surface area contributed by atoms with Crippen LogP contribution in [-0.2, 0) is 6.42 Å². The molecule has 16 heavy (non-hydrogen) atoms. The summed E-state index contributed by atoms with van der Waals surface area (Å²) in [4.78, 5) is 20.1. The van der Waals surface area contributed by atoms with E-state index >= 15 is 0 Å². The lowest BCUT2D eigenvalue weighted by Crippen LogP contribution is -2.05. The van der Waals surface area contributed by atoms with E-state index in [4.69, 9.17) is 0 Å². The molecule has 0 aromatic carbocycles. The van der Waals surface area contributed by atoms with Gasteiger partial charge in [-0.2, -0.15) is 0 Å². The molecule has 0 atom stereocenters. The number of pyridine rings is 2. The van der Waals surface area contributed by atoms with Crippen LogP contribution in [0.1, 0.15) is 21.7 Å². The highest BCUT2D eigenvalue weighted by atomic mass is 16.1. The van der Waals surface area contributed by atoms with Gasteiger partial charge < -0.3 is 0 Å². The predicted octanol–water partition coefficient (Wildman–Crippen LogP) is 2.21. The maximum atomic E-state index is 11.9. The van der Waals surface area contributed by atoms with Crippen molar-refractivity contribution in [1.29, 1.82) is 0 Å². The Labute approximate surface area is 94.2 Å². The largest absolute Gasteiger partial charge is 0.294 e. The van der Waals surface area contributed by atoms with E-state index in [1.165, 1.54) is 0 Å². The Morgan fingerprint density at radius 3 is 2.75 bits per heavy atom. The highest BCUT2D eigenvalue weighted by molar-refractivity contribution is 5.97. The Bertz CT molecular complexity index is 494. The average molecular weight is 212 g/mol. The monoisotopic (exact) mass is 212 g/mol. The predicted molar refractivity (Wildman–Crippen MR) is 61.2 cm³/mol. The second kappa shape index (κ2) is 4.66. The molecule has 0 spiro atoms. The van der Waals surface area contributed by atoms with E-state index in [0.717, 1.165) is 11.4 Å². The van der Waals surface area contributed by atoms with Crippen molar-refractivity contribution in [2.45, 2.75) is 13.3 Å². The van der Waals surface area contributed by atoms with Crippen molar-refractivity contribution in [1.82, 2.24) is 9.97 Å². The van der Waals surface area contributed by atoms with Crippen LogP contribution in [0, 0.1) is 6.92 Å². The second-order valence-electron chi connectivity index (χ2n) is 3.61. The number of ketones is 1. The summed E-state index contributed by atoms with van der Waals surface area (Å²) in [7, 11) is 0. The first-order chi connectivity index (χ1) is 7.75. The zero-order valence-corrected chi connectivity index (χ0v) is 9.05. The summed E-state index contributed by atoms with van der Waals surface area (Å²) in [6.07, 6.45) is 3.69. The first kappa shape index (κ1) is 10.5. The standard InChI is InChI=1S/C13H12N2O/c1-10-8-11(5-7-14-10)13(16)9-12-4-2-3-6-15-12/h2-8H,9H2,1H3. The Morgan fingerprint density at radius 1 is 1.19 bits per heavy atom. The second-order valence-corrected chi connectivity index (χ2v) is 3.61. The number of carbonyl (C=O) groups excluding carboxylic acids is 1. The normalized spacial score (nSPS) is 10.1. The molecule has 0 aliphatic rings. The van der Waals surface area contributed by atoms with Gasteiger partial charge in [0.15, 0.2) is 5.78 Å². The zero-order chi connectivity index (χ0) is 11.4. The van der Waals surface area contributed by atoms with Crippen LogP contribution < -0.4 is 0 Å². The first-order valence-electron chi connectivity index (χ1n) is 5.11. The van der Waals surface area contributed by atoms with Crippen LogP contribution in [0.3, 0.4) is 0 Å². The van der Waals surface area contributed by atoms with Crippen LogP contribution in [0.15, 0.2) is 42.7 Å². The molecule has 3 nitrogen and oxygen atoms in total. The summed E-state index contributed by atoms with van der Waals surface area (Å²) in [5.41, 5.74) is 2.34. The number of aromatic nitrogens is 2. The fourth-order valence-electron chi connectivity index (χ4n) is 1.49. The van der Waals surface area contributed by atoms with Crippen LogP contribution in [0.5, 0.6) is 0 Å². The SMILES string of the molecule is Cc1cc(C(=O)Cc2ccccn2)ccn1. The molecule has 80 valence electrons. The molecule has 0 N–H and O–H groups in total. The minimum absolute atomic E-state index is 0.0733. The molecule has 3 heteroatoms. The van der Waals surface area contributed by atoms with Gasteiger partial charge in [-0.3, -0.25) is 14.8 Å². The van der Waals surface area contributed by atoms with Gasteiger partial charge in [0.25, 0.3) is 0 Å². The first-order valence-corrected chi connectivity index (χ1v) is 5.11. The van der Waals surface area contributed by atoms with E-state index in [1.54, 1.807) is 24.5 Å². The van der Waals surface area contributed by atoms with Crippen molar-refractivity contribution in [2.75, 3.05) is 0 Å². The molecule has 2 heterocycles. The number of rotatable bonds is 3. The van der Waals surface area contributed by atoms with E-state index < -0.39 is 0 Å². The number of nitrogens with zero attached hydrogens (tertiary/aromatic N) is 2. The highest BCUT2D eigenvalue weighted by Crippen LogP contribution is 2.06. The van der Waals surface area contributed by atoms with Gasteiger partial charge in [-0.1, -0.05) is 6.07 Å². The Balaban J connectivity index is 2.15. The molecule has 0 unspecified atom stereocenters. The Hall–Kier alpha value is -2.03. The van der Waals surface area contributed by atoms with Crippen molar-refractivity contribution in [2.24, 2.45) is 0 Å². The molecule has 0 bridgehead atoms. The van der Waals surface area contributed by atoms with Crippen molar-refractivity contribution in [3.63, 3.8) is 0 Å². The van der Waals surface area contributed by atoms with Gasteiger partial charge in [0, 0.05) is 29.3 Å². The summed E-state index contributed by atoms with van der Waals surface area (Å²) in [6, 6.07) is 9.10. The van der Waals surface area contributed by atoms with E-state index in [1.807, 2.05) is 25.1 Å². The number of carbonyl (C=O) groups is 1. The van der Waals surface area contributed by atoms with E-state index in [0.29, 0.717) is 12.0 Å². The minimum atomic E-state index is 0.0733. The third kappa shape index (κ3) is 2.51. The summed E-state index contributed by atoms with van der Waals surface area (Å²) < 4.78 is 0. The quantitative estimate of drug-likeness (QED) is 0.732. The number of Topliss-reactive ketones (excluding diaryl/α,β-unsaturated/α-hetero) is 1. The molecule has 0 fully saturated rings. The van der Waals surface area contributed by atoms with Crippen LogP contribution in [-0.4, -0.2) is 15.8 Å². The van der Waals surface area contributed by atoms with Gasteiger partial charge in [0.1, 0.15) is 0 Å². The van der Waals surface area contributed by atoms with Crippen molar-refractivity contribution >= 4 is 5.78 Å². The van der Waals surface area contributed by atoms with E-state index in [9.17, 15) is 4.79 Å². The fraction of sp³-hybridized carbons (Fsp3) is 0.154. The summed E-state index contributed by atoms with van der Waals surface area (Å²) >= 11 is 0. The lowest BCUT2D eigenvalue weighted by molar-refractivity contribution is 0.0991. The molecular weight excluding hydrogens is 200 g/mol. The minimum Gasteiger partial charge on any atom is -0.294 e. The van der Waals surface area contributed by atoms with Gasteiger partial charge in [-0.15, -0.1) is 0 Å². The highest BCUT2D eigenvalue weighted by Gasteiger charge is 2.07. The average Bonchev–Trinajstić information content (AvgIpc) is 2.30. The maximum absolute atomic E-state index is 11.9. The molecule has 2 aromatic heterocycles. The molecule has 0 amide bonds. The van der Waals surface area contributed by atoms with Crippen LogP contribution in [0.25, 0.3) is 0 Å². The Morgan fingerprint density at radius 2 is 2.06 bits per heavy atom. The molecule has 0 saturated heterocycles. The molecule has 0 saturated carbocycles. The third-order valence-electron chi connectivity index (χ3n) is 2.29. The van der Waals surface area contributed by atoms with Gasteiger partial charge in [-0.05, 0) is 31.2 Å². The van der Waals surface area contributed by atoms with Crippen molar-refractivity contribution in [3.8, 4) is 0 Å². The smallest absolute Gasteiger partial charge is 0.168 e. The van der Waals surface area contributed by atoms with E-state index in [2.05, 4.69) is 9.97 Å². The fourth-order valence-corrected chi connectivity index (χ4v) is 1.49. The molecule has 0 aliphatic carbocycles. The lowest BCUT2D eigenvalue weighted by atomic mass is 10.1. The molecule has 0 aliphatic heterocycles. The molecule has 2 aromatic rings. The summed E-state index contributed by atoms with van der Waals surface area (Å²) in [5, 5.41) is 0.